The number of amides is 1. The Balaban J connectivity index is 1.63. The number of hydrogen-bond acceptors (Lipinski definition) is 5. The lowest BCUT2D eigenvalue weighted by Crippen LogP contribution is -2.26. The van der Waals surface area contributed by atoms with Crippen LogP contribution in [0, 0.1) is 0 Å². The van der Waals surface area contributed by atoms with Gasteiger partial charge in [-0.05, 0) is 30.3 Å². The number of hydrogen-bond donors (Lipinski definition) is 1. The first-order valence-electron chi connectivity index (χ1n) is 10.5. The second kappa shape index (κ2) is 10.2. The van der Waals surface area contributed by atoms with E-state index in [1.165, 1.54) is 19.5 Å². The van der Waals surface area contributed by atoms with Crippen molar-refractivity contribution in [3.05, 3.63) is 78.5 Å². The van der Waals surface area contributed by atoms with E-state index in [1.54, 1.807) is 36.2 Å². The SMILES string of the molecule is COc1ccc(-c2nn(-c3ccccc3)cc2C(=O)NCCc2nccn2C(F)F)cc1OC. The molecule has 0 aliphatic carbocycles. The summed E-state index contributed by atoms with van der Waals surface area (Å²) < 4.78 is 39.2. The number of nitrogens with zero attached hydrogens (tertiary/aromatic N) is 4. The summed E-state index contributed by atoms with van der Waals surface area (Å²) in [4.78, 5) is 17.1. The average molecular weight is 467 g/mol. The summed E-state index contributed by atoms with van der Waals surface area (Å²) in [5.74, 6) is 0.853. The van der Waals surface area contributed by atoms with Crippen molar-refractivity contribution in [2.45, 2.75) is 13.0 Å². The topological polar surface area (TPSA) is 83.2 Å². The van der Waals surface area contributed by atoms with E-state index in [0.29, 0.717) is 28.3 Å². The summed E-state index contributed by atoms with van der Waals surface area (Å²) in [7, 11) is 3.07. The molecule has 0 saturated carbocycles. The Morgan fingerprint density at radius 2 is 1.85 bits per heavy atom. The molecule has 0 aliphatic heterocycles. The number of methoxy groups -OCH3 is 2. The van der Waals surface area contributed by atoms with Gasteiger partial charge in [0.1, 0.15) is 11.5 Å². The minimum atomic E-state index is -2.69. The molecule has 2 aromatic heterocycles. The number of rotatable bonds is 9. The monoisotopic (exact) mass is 467 g/mol. The highest BCUT2D eigenvalue weighted by atomic mass is 19.3. The normalized spacial score (nSPS) is 11.0. The minimum Gasteiger partial charge on any atom is -0.493 e. The van der Waals surface area contributed by atoms with Gasteiger partial charge in [-0.25, -0.2) is 9.67 Å². The first-order chi connectivity index (χ1) is 16.5. The minimum absolute atomic E-state index is 0.129. The van der Waals surface area contributed by atoms with Gasteiger partial charge in [0.2, 0.25) is 0 Å². The zero-order chi connectivity index (χ0) is 24.1. The lowest BCUT2D eigenvalue weighted by atomic mass is 10.1. The van der Waals surface area contributed by atoms with Gasteiger partial charge in [-0.3, -0.25) is 9.36 Å². The van der Waals surface area contributed by atoms with E-state index in [2.05, 4.69) is 15.4 Å². The lowest BCUT2D eigenvalue weighted by molar-refractivity contribution is 0.0670. The number of alkyl halides is 2. The van der Waals surface area contributed by atoms with Crippen molar-refractivity contribution in [3.8, 4) is 28.4 Å². The molecule has 2 heterocycles. The Bertz CT molecular complexity index is 1270. The van der Waals surface area contributed by atoms with Crippen LogP contribution in [0.1, 0.15) is 22.7 Å². The fourth-order valence-corrected chi connectivity index (χ4v) is 3.55. The number of halogens is 2. The van der Waals surface area contributed by atoms with Gasteiger partial charge in [-0.2, -0.15) is 13.9 Å². The van der Waals surface area contributed by atoms with E-state index in [-0.39, 0.29) is 24.7 Å². The van der Waals surface area contributed by atoms with E-state index in [4.69, 9.17) is 9.47 Å². The molecule has 10 heteroatoms. The highest BCUT2D eigenvalue weighted by molar-refractivity contribution is 6.00. The van der Waals surface area contributed by atoms with Gasteiger partial charge >= 0.3 is 6.55 Å². The van der Waals surface area contributed by atoms with Gasteiger partial charge in [0, 0.05) is 37.1 Å². The molecule has 0 saturated heterocycles. The molecule has 0 atom stereocenters. The maximum Gasteiger partial charge on any atom is 0.319 e. The van der Waals surface area contributed by atoms with E-state index in [1.807, 2.05) is 30.3 Å². The molecule has 0 radical (unpaired) electrons. The van der Waals surface area contributed by atoms with Crippen LogP contribution in [0.5, 0.6) is 11.5 Å². The van der Waals surface area contributed by atoms with Crippen LogP contribution in [0.3, 0.4) is 0 Å². The van der Waals surface area contributed by atoms with Crippen molar-refractivity contribution >= 4 is 5.91 Å². The third-order valence-corrected chi connectivity index (χ3v) is 5.23. The van der Waals surface area contributed by atoms with Crippen LogP contribution in [0.25, 0.3) is 16.9 Å². The van der Waals surface area contributed by atoms with E-state index >= 15 is 0 Å². The van der Waals surface area contributed by atoms with Gasteiger partial charge in [0.25, 0.3) is 5.91 Å². The van der Waals surface area contributed by atoms with Crippen LogP contribution < -0.4 is 14.8 Å². The fraction of sp³-hybridized carbons (Fsp3) is 0.208. The Morgan fingerprint density at radius 1 is 1.09 bits per heavy atom. The molecule has 0 spiro atoms. The van der Waals surface area contributed by atoms with Gasteiger partial charge in [-0.15, -0.1) is 0 Å². The predicted molar refractivity (Wildman–Crippen MR) is 122 cm³/mol. The number of carbonyl (C=O) groups is 1. The molecule has 0 bridgehead atoms. The molecule has 0 aliphatic rings. The quantitative estimate of drug-likeness (QED) is 0.400. The zero-order valence-corrected chi connectivity index (χ0v) is 18.6. The predicted octanol–water partition coefficient (Wildman–Crippen LogP) is 4.12. The maximum atomic E-state index is 13.1. The van der Waals surface area contributed by atoms with Gasteiger partial charge < -0.3 is 14.8 Å². The summed E-state index contributed by atoms with van der Waals surface area (Å²) in [6, 6.07) is 14.6. The third-order valence-electron chi connectivity index (χ3n) is 5.23. The summed E-state index contributed by atoms with van der Waals surface area (Å²) in [6.45, 7) is -2.56. The zero-order valence-electron chi connectivity index (χ0n) is 18.6. The summed E-state index contributed by atoms with van der Waals surface area (Å²) in [6.07, 6.45) is 4.31. The summed E-state index contributed by atoms with van der Waals surface area (Å²) in [5, 5.41) is 7.42. The molecule has 2 aromatic carbocycles. The van der Waals surface area contributed by atoms with Crippen LogP contribution in [0.4, 0.5) is 8.78 Å². The van der Waals surface area contributed by atoms with Gasteiger partial charge in [0.15, 0.2) is 11.5 Å². The first kappa shape index (κ1) is 23.0. The number of imidazole rings is 1. The Morgan fingerprint density at radius 3 is 2.56 bits per heavy atom. The summed E-state index contributed by atoms with van der Waals surface area (Å²) >= 11 is 0. The van der Waals surface area contributed by atoms with Crippen LogP contribution in [-0.4, -0.2) is 46.0 Å². The third kappa shape index (κ3) is 4.75. The Hall–Kier alpha value is -4.21. The van der Waals surface area contributed by atoms with Crippen molar-refractivity contribution in [1.29, 1.82) is 0 Å². The molecule has 0 fully saturated rings. The van der Waals surface area contributed by atoms with Crippen molar-refractivity contribution in [2.75, 3.05) is 20.8 Å². The molecule has 176 valence electrons. The first-order valence-corrected chi connectivity index (χ1v) is 10.5. The number of nitrogens with one attached hydrogen (secondary N) is 1. The lowest BCUT2D eigenvalue weighted by Gasteiger charge is -2.10. The molecule has 4 rings (SSSR count). The summed E-state index contributed by atoms with van der Waals surface area (Å²) in [5.41, 5.74) is 2.21. The van der Waals surface area contributed by atoms with Crippen molar-refractivity contribution in [2.24, 2.45) is 0 Å². The van der Waals surface area contributed by atoms with E-state index in [9.17, 15) is 13.6 Å². The van der Waals surface area contributed by atoms with Crippen LogP contribution in [-0.2, 0) is 6.42 Å². The Kier molecular flexibility index (Phi) is 6.86. The standard InChI is InChI=1S/C24H23F2N5O3/c1-33-19-9-8-16(14-20(19)34-2)22-18(15-31(29-22)17-6-4-3-5-7-17)23(32)28-11-10-21-27-12-13-30(21)24(25)26/h3-9,12-15,24H,10-11H2,1-2H3,(H,28,32). The molecular formula is C24H23F2N5O3. The molecule has 1 amide bonds. The molecule has 34 heavy (non-hydrogen) atoms. The average Bonchev–Trinajstić information content (AvgIpc) is 3.52. The van der Waals surface area contributed by atoms with Crippen molar-refractivity contribution < 1.29 is 23.0 Å². The molecule has 4 aromatic rings. The second-order valence-corrected chi connectivity index (χ2v) is 7.28. The highest BCUT2D eigenvalue weighted by Crippen LogP contribution is 2.33. The number of benzene rings is 2. The van der Waals surface area contributed by atoms with Gasteiger partial charge in [0.05, 0.1) is 25.5 Å². The second-order valence-electron chi connectivity index (χ2n) is 7.28. The number of carbonyl (C=O) groups excluding carboxylic acids is 1. The fourth-order valence-electron chi connectivity index (χ4n) is 3.55. The van der Waals surface area contributed by atoms with Gasteiger partial charge in [-0.1, -0.05) is 18.2 Å². The van der Waals surface area contributed by atoms with Crippen molar-refractivity contribution in [3.63, 3.8) is 0 Å². The van der Waals surface area contributed by atoms with E-state index in [0.717, 1.165) is 10.3 Å². The van der Waals surface area contributed by atoms with Crippen molar-refractivity contribution in [1.82, 2.24) is 24.6 Å². The van der Waals surface area contributed by atoms with Crippen LogP contribution >= 0.6 is 0 Å². The largest absolute Gasteiger partial charge is 0.493 e. The number of ether oxygens (including phenoxy) is 2. The molecule has 8 nitrogen and oxygen atoms in total. The number of aromatic nitrogens is 4. The smallest absolute Gasteiger partial charge is 0.319 e. The molecule has 1 N–H and O–H groups in total. The maximum absolute atomic E-state index is 13.1. The Labute approximate surface area is 194 Å². The number of para-hydroxylation sites is 1. The highest BCUT2D eigenvalue weighted by Gasteiger charge is 2.20. The molecular weight excluding hydrogens is 444 g/mol. The molecule has 0 unspecified atom stereocenters. The van der Waals surface area contributed by atoms with E-state index < -0.39 is 6.55 Å². The van der Waals surface area contributed by atoms with Crippen LogP contribution in [0.15, 0.2) is 67.1 Å². The van der Waals surface area contributed by atoms with Crippen LogP contribution in [0.2, 0.25) is 0 Å².